The Morgan fingerprint density at radius 3 is 3.33 bits per heavy atom. The first-order chi connectivity index (χ1) is 4.47. The van der Waals surface area contributed by atoms with Gasteiger partial charge in [-0.15, -0.1) is 0 Å². The maximum Gasteiger partial charge on any atom is 0.110 e. The Kier molecular flexibility index (Phi) is 0.859. The molecule has 0 fully saturated rings. The highest BCUT2D eigenvalue weighted by molar-refractivity contribution is 5.86. The molecule has 1 atom stereocenters. The molecular formula is C7H6N2. The predicted octanol–water partition coefficient (Wildman–Crippen LogP) is 0.964. The van der Waals surface area contributed by atoms with Crippen molar-refractivity contribution < 1.29 is 0 Å². The molecule has 0 N–H and O–H groups in total. The average molecular weight is 118 g/mol. The Labute approximate surface area is 53.3 Å². The summed E-state index contributed by atoms with van der Waals surface area (Å²) in [6.45, 7) is 0. The van der Waals surface area contributed by atoms with Gasteiger partial charge in [0.25, 0.3) is 0 Å². The molecule has 0 saturated heterocycles. The molecule has 44 valence electrons. The van der Waals surface area contributed by atoms with Gasteiger partial charge in [-0.05, 0) is 17.7 Å². The Balaban J connectivity index is 2.40. The molecule has 0 amide bonds. The monoisotopic (exact) mass is 118 g/mol. The lowest BCUT2D eigenvalue weighted by Gasteiger charge is -2.04. The van der Waals surface area contributed by atoms with Gasteiger partial charge in [0.2, 0.25) is 0 Å². The third kappa shape index (κ3) is 0.633. The maximum atomic E-state index is 4.14. The summed E-state index contributed by atoms with van der Waals surface area (Å²) >= 11 is 0. The minimum Gasteiger partial charge on any atom is -0.279 e. The van der Waals surface area contributed by atoms with Gasteiger partial charge >= 0.3 is 0 Å². The van der Waals surface area contributed by atoms with Gasteiger partial charge in [-0.1, -0.05) is 0 Å². The average Bonchev–Trinajstić information content (AvgIpc) is 2.33. The lowest BCUT2D eigenvalue weighted by molar-refractivity contribution is 1.07. The van der Waals surface area contributed by atoms with Crippen LogP contribution < -0.4 is 0 Å². The molecule has 9 heavy (non-hydrogen) atoms. The Bertz CT molecular complexity index is 233. The third-order valence-electron chi connectivity index (χ3n) is 1.44. The van der Waals surface area contributed by atoms with Crippen molar-refractivity contribution in [1.82, 2.24) is 0 Å². The highest BCUT2D eigenvalue weighted by Gasteiger charge is 2.11. The van der Waals surface area contributed by atoms with E-state index in [1.807, 2.05) is 24.6 Å². The van der Waals surface area contributed by atoms with Gasteiger partial charge in [-0.25, -0.2) is 0 Å². The highest BCUT2D eigenvalue weighted by atomic mass is 14.8. The summed E-state index contributed by atoms with van der Waals surface area (Å²) in [5.41, 5.74) is 1.24. The molecule has 0 aromatic rings. The first kappa shape index (κ1) is 4.68. The second-order valence-electron chi connectivity index (χ2n) is 2.02. The van der Waals surface area contributed by atoms with E-state index in [0.29, 0.717) is 0 Å². The minimum atomic E-state index is 0.218. The zero-order valence-corrected chi connectivity index (χ0v) is 4.86. The van der Waals surface area contributed by atoms with Crippen molar-refractivity contribution in [3.05, 3.63) is 23.9 Å². The molecule has 2 heterocycles. The van der Waals surface area contributed by atoms with E-state index in [1.165, 1.54) is 5.57 Å². The fourth-order valence-electron chi connectivity index (χ4n) is 0.945. The fraction of sp³-hybridized carbons (Fsp3) is 0.143. The van der Waals surface area contributed by atoms with E-state index >= 15 is 0 Å². The van der Waals surface area contributed by atoms with Crippen LogP contribution in [0.25, 0.3) is 0 Å². The van der Waals surface area contributed by atoms with Crippen LogP contribution in [0.5, 0.6) is 0 Å². The van der Waals surface area contributed by atoms with Crippen molar-refractivity contribution in [3.8, 4) is 0 Å². The van der Waals surface area contributed by atoms with E-state index in [2.05, 4.69) is 9.98 Å². The van der Waals surface area contributed by atoms with E-state index in [-0.39, 0.29) is 6.04 Å². The summed E-state index contributed by atoms with van der Waals surface area (Å²) in [5, 5.41) is 0. The van der Waals surface area contributed by atoms with Crippen molar-refractivity contribution >= 4 is 12.4 Å². The van der Waals surface area contributed by atoms with Crippen molar-refractivity contribution in [3.63, 3.8) is 0 Å². The number of nitrogens with zero attached hydrogens (tertiary/aromatic N) is 2. The number of aliphatic imine (C=N–C) groups is 2. The quantitative estimate of drug-likeness (QED) is 0.452. The SMILES string of the molecule is C1=CC2=CC=N[C@H]2C=N1. The molecule has 0 radical (unpaired) electrons. The normalized spacial score (nSPS) is 28.4. The van der Waals surface area contributed by atoms with Gasteiger partial charge < -0.3 is 0 Å². The van der Waals surface area contributed by atoms with Gasteiger partial charge in [0.1, 0.15) is 6.04 Å². The molecule has 2 rings (SSSR count). The molecular weight excluding hydrogens is 112 g/mol. The molecule has 0 aromatic carbocycles. The number of fused-ring (bicyclic) bond motifs is 1. The van der Waals surface area contributed by atoms with E-state index in [4.69, 9.17) is 0 Å². The lowest BCUT2D eigenvalue weighted by atomic mass is 10.1. The molecule has 0 saturated carbocycles. The number of rotatable bonds is 0. The third-order valence-corrected chi connectivity index (χ3v) is 1.44. The fourth-order valence-corrected chi connectivity index (χ4v) is 0.945. The first-order valence-electron chi connectivity index (χ1n) is 2.90. The van der Waals surface area contributed by atoms with Crippen LogP contribution in [0.2, 0.25) is 0 Å². The standard InChI is InChI=1S/C7H6N2/c1-3-8-5-7-6(1)2-4-9-7/h1-5,7H/t7-/m0/s1. The lowest BCUT2D eigenvalue weighted by Crippen LogP contribution is -2.06. The molecule has 2 nitrogen and oxygen atoms in total. The van der Waals surface area contributed by atoms with Crippen molar-refractivity contribution in [2.75, 3.05) is 0 Å². The van der Waals surface area contributed by atoms with Gasteiger partial charge in [0.05, 0.1) is 0 Å². The van der Waals surface area contributed by atoms with Gasteiger partial charge in [0, 0.05) is 18.6 Å². The molecule has 2 heteroatoms. The second kappa shape index (κ2) is 1.65. The molecule has 0 aliphatic carbocycles. The Hall–Kier alpha value is -1.18. The predicted molar refractivity (Wildman–Crippen MR) is 38.0 cm³/mol. The number of hydrogen-bond donors (Lipinski definition) is 0. The summed E-state index contributed by atoms with van der Waals surface area (Å²) in [7, 11) is 0. The van der Waals surface area contributed by atoms with Crippen molar-refractivity contribution in [2.45, 2.75) is 6.04 Å². The summed E-state index contributed by atoms with van der Waals surface area (Å²) in [6, 6.07) is 0.218. The van der Waals surface area contributed by atoms with E-state index in [1.54, 1.807) is 6.20 Å². The number of allylic oxidation sites excluding steroid dienone is 1. The summed E-state index contributed by atoms with van der Waals surface area (Å²) in [5.74, 6) is 0. The van der Waals surface area contributed by atoms with Crippen molar-refractivity contribution in [2.24, 2.45) is 9.98 Å². The van der Waals surface area contributed by atoms with Crippen LogP contribution in [0.15, 0.2) is 33.9 Å². The first-order valence-corrected chi connectivity index (χ1v) is 2.90. The summed E-state index contributed by atoms with van der Waals surface area (Å²) in [6.07, 6.45) is 9.44. The zero-order valence-electron chi connectivity index (χ0n) is 4.86. The molecule has 0 unspecified atom stereocenters. The van der Waals surface area contributed by atoms with E-state index in [9.17, 15) is 0 Å². The largest absolute Gasteiger partial charge is 0.279 e. The van der Waals surface area contributed by atoms with Gasteiger partial charge in [0.15, 0.2) is 0 Å². The van der Waals surface area contributed by atoms with Crippen LogP contribution >= 0.6 is 0 Å². The topological polar surface area (TPSA) is 24.7 Å². The number of hydrogen-bond acceptors (Lipinski definition) is 2. The molecule has 2 aliphatic heterocycles. The smallest absolute Gasteiger partial charge is 0.110 e. The molecule has 2 aliphatic rings. The van der Waals surface area contributed by atoms with Crippen LogP contribution in [0.1, 0.15) is 0 Å². The van der Waals surface area contributed by atoms with Crippen LogP contribution in [0.4, 0.5) is 0 Å². The Morgan fingerprint density at radius 1 is 1.44 bits per heavy atom. The van der Waals surface area contributed by atoms with E-state index < -0.39 is 0 Å². The second-order valence-corrected chi connectivity index (χ2v) is 2.02. The van der Waals surface area contributed by atoms with Gasteiger partial charge in [-0.2, -0.15) is 0 Å². The van der Waals surface area contributed by atoms with E-state index in [0.717, 1.165) is 0 Å². The van der Waals surface area contributed by atoms with Crippen molar-refractivity contribution in [1.29, 1.82) is 0 Å². The van der Waals surface area contributed by atoms with Crippen LogP contribution in [0.3, 0.4) is 0 Å². The zero-order chi connectivity index (χ0) is 6.10. The van der Waals surface area contributed by atoms with Crippen LogP contribution in [0, 0.1) is 0 Å². The highest BCUT2D eigenvalue weighted by Crippen LogP contribution is 2.13. The minimum absolute atomic E-state index is 0.218. The Morgan fingerprint density at radius 2 is 2.44 bits per heavy atom. The molecule has 0 aromatic heterocycles. The van der Waals surface area contributed by atoms with Crippen LogP contribution in [-0.2, 0) is 0 Å². The molecule has 0 bridgehead atoms. The van der Waals surface area contributed by atoms with Gasteiger partial charge in [-0.3, -0.25) is 9.98 Å². The summed E-state index contributed by atoms with van der Waals surface area (Å²) < 4.78 is 0. The van der Waals surface area contributed by atoms with Crippen LogP contribution in [-0.4, -0.2) is 18.5 Å². The maximum absolute atomic E-state index is 4.14. The summed E-state index contributed by atoms with van der Waals surface area (Å²) in [4.78, 5) is 8.10. The molecule has 0 spiro atoms.